The first-order valence-corrected chi connectivity index (χ1v) is 15.8. The van der Waals surface area contributed by atoms with E-state index < -0.39 is 17.5 Å². The molecular weight excluding hydrogens is 562 g/mol. The summed E-state index contributed by atoms with van der Waals surface area (Å²) in [7, 11) is 1.91. The predicted molar refractivity (Wildman–Crippen MR) is 166 cm³/mol. The Balaban J connectivity index is 1.31. The Kier molecular flexibility index (Phi) is 7.30. The number of alkyl halides is 1. The van der Waals surface area contributed by atoms with E-state index in [1.54, 1.807) is 11.1 Å². The predicted octanol–water partition coefficient (Wildman–Crippen LogP) is 5.58. The largest absolute Gasteiger partial charge is 0.461 e. The molecule has 0 bridgehead atoms. The van der Waals surface area contributed by atoms with Gasteiger partial charge < -0.3 is 14.5 Å². The fourth-order valence-electron chi connectivity index (χ4n) is 8.02. The molecule has 7 rings (SSSR count). The molecule has 0 unspecified atom stereocenters. The van der Waals surface area contributed by atoms with Crippen molar-refractivity contribution in [1.29, 1.82) is 0 Å². The molecule has 3 saturated heterocycles. The molecule has 0 spiro atoms. The van der Waals surface area contributed by atoms with Crippen molar-refractivity contribution in [3.8, 4) is 17.3 Å². The molecule has 4 fully saturated rings. The maximum absolute atomic E-state index is 16.7. The van der Waals surface area contributed by atoms with Crippen LogP contribution in [0, 0.1) is 12.7 Å². The molecule has 1 aliphatic carbocycles. The molecule has 3 aliphatic heterocycles. The third-order valence-electron chi connectivity index (χ3n) is 10.4. The van der Waals surface area contributed by atoms with Gasteiger partial charge in [-0.15, -0.1) is 0 Å². The Morgan fingerprint density at radius 2 is 2.07 bits per heavy atom. The van der Waals surface area contributed by atoms with Crippen LogP contribution in [-0.2, 0) is 4.79 Å². The summed E-state index contributed by atoms with van der Waals surface area (Å²) in [6, 6.07) is 5.83. The van der Waals surface area contributed by atoms with Crippen molar-refractivity contribution in [2.45, 2.75) is 82.1 Å². The number of likely N-dealkylation sites (N-methyl/N-ethyl adjacent to an activating group) is 1. The topological polar surface area (TPSA) is 74.7 Å². The molecule has 1 saturated carbocycles. The van der Waals surface area contributed by atoms with Gasteiger partial charge in [-0.2, -0.15) is 9.97 Å². The molecule has 4 atom stereocenters. The Bertz CT molecular complexity index is 1630. The quantitative estimate of drug-likeness (QED) is 0.312. The number of anilines is 1. The van der Waals surface area contributed by atoms with Gasteiger partial charge >= 0.3 is 6.01 Å². The number of aryl methyl sites for hydroxylation is 1. The summed E-state index contributed by atoms with van der Waals surface area (Å²) in [6.45, 7) is 9.82. The number of carbonyl (C=O) groups is 1. The summed E-state index contributed by atoms with van der Waals surface area (Å²) >= 11 is 0. The van der Waals surface area contributed by atoms with E-state index in [4.69, 9.17) is 9.72 Å². The molecule has 2 aromatic heterocycles. The first-order valence-electron chi connectivity index (χ1n) is 15.8. The zero-order valence-electron chi connectivity index (χ0n) is 25.7. The average molecular weight is 603 g/mol. The highest BCUT2D eigenvalue weighted by Gasteiger charge is 2.49. The van der Waals surface area contributed by atoms with Crippen LogP contribution >= 0.6 is 0 Å². The van der Waals surface area contributed by atoms with Crippen LogP contribution in [0.3, 0.4) is 0 Å². The molecule has 0 radical (unpaired) electrons. The molecule has 4 aliphatic rings. The second kappa shape index (κ2) is 11.1. The summed E-state index contributed by atoms with van der Waals surface area (Å²) in [5.74, 6) is 0.286. The van der Waals surface area contributed by atoms with Crippen molar-refractivity contribution in [2.75, 3.05) is 38.2 Å². The van der Waals surface area contributed by atoms with E-state index >= 15 is 4.39 Å². The van der Waals surface area contributed by atoms with Crippen molar-refractivity contribution < 1.29 is 18.3 Å². The van der Waals surface area contributed by atoms with E-state index in [-0.39, 0.29) is 41.8 Å². The molecular formula is C34H40F2N6O2. The Morgan fingerprint density at radius 3 is 2.84 bits per heavy atom. The number of benzene rings is 1. The lowest BCUT2D eigenvalue weighted by Gasteiger charge is -2.32. The second-order valence-electron chi connectivity index (χ2n) is 13.1. The number of halogens is 2. The van der Waals surface area contributed by atoms with Crippen molar-refractivity contribution >= 4 is 22.6 Å². The number of hydrogen-bond donors (Lipinski definition) is 0. The van der Waals surface area contributed by atoms with Gasteiger partial charge in [-0.25, -0.2) is 8.78 Å². The second-order valence-corrected chi connectivity index (χ2v) is 13.1. The van der Waals surface area contributed by atoms with Gasteiger partial charge in [0.15, 0.2) is 5.82 Å². The van der Waals surface area contributed by atoms with Gasteiger partial charge in [0.1, 0.15) is 29.8 Å². The van der Waals surface area contributed by atoms with Crippen LogP contribution in [0.1, 0.15) is 62.5 Å². The van der Waals surface area contributed by atoms with Gasteiger partial charge in [0.25, 0.3) is 0 Å². The van der Waals surface area contributed by atoms with E-state index in [9.17, 15) is 9.18 Å². The first-order chi connectivity index (χ1) is 21.2. The minimum atomic E-state index is -0.885. The number of rotatable bonds is 8. The number of fused-ring (bicyclic) bond motifs is 2. The lowest BCUT2D eigenvalue weighted by Crippen LogP contribution is -2.44. The number of aromatic nitrogens is 3. The number of nitrogens with zero attached hydrogens (tertiary/aromatic N) is 6. The molecule has 1 amide bonds. The van der Waals surface area contributed by atoms with Crippen molar-refractivity contribution in [2.24, 2.45) is 0 Å². The molecule has 3 aromatic rings. The number of carbonyl (C=O) groups excluding carboxylic acids is 1. The molecule has 0 N–H and O–H groups in total. The van der Waals surface area contributed by atoms with Gasteiger partial charge in [-0.05, 0) is 75.6 Å². The highest BCUT2D eigenvalue weighted by molar-refractivity contribution is 5.92. The zero-order valence-corrected chi connectivity index (χ0v) is 25.7. The third-order valence-corrected chi connectivity index (χ3v) is 10.4. The van der Waals surface area contributed by atoms with E-state index in [1.807, 2.05) is 31.0 Å². The molecule has 44 heavy (non-hydrogen) atoms. The fraction of sp³-hybridized carbons (Fsp3) is 0.529. The lowest BCUT2D eigenvalue weighted by molar-refractivity contribution is -0.126. The monoisotopic (exact) mass is 602 g/mol. The number of hydrogen-bond acceptors (Lipinski definition) is 7. The molecule has 10 heteroatoms. The minimum Gasteiger partial charge on any atom is -0.461 e. The SMILES string of the molecule is C=CC(=O)N1CC[C@@H](N(C)c2nc(OC[C@@]34CCCN3C[C@H](F)C4)nc3c(F)c(-c4cccc(C)c4C4CC4)ncc23)[C@H]1C. The van der Waals surface area contributed by atoms with Crippen molar-refractivity contribution in [3.05, 3.63) is 54.0 Å². The van der Waals surface area contributed by atoms with Crippen LogP contribution in [0.2, 0.25) is 0 Å². The average Bonchev–Trinajstić information content (AvgIpc) is 3.55. The summed E-state index contributed by atoms with van der Waals surface area (Å²) in [6.07, 6.45) is 7.27. The van der Waals surface area contributed by atoms with E-state index in [2.05, 4.69) is 34.4 Å². The van der Waals surface area contributed by atoms with Gasteiger partial charge in [0.2, 0.25) is 5.91 Å². The Hall–Kier alpha value is -3.66. The normalized spacial score (nSPS) is 26.8. The summed E-state index contributed by atoms with van der Waals surface area (Å²) in [5, 5.41) is 0.479. The van der Waals surface area contributed by atoms with Gasteiger partial charge in [-0.3, -0.25) is 14.7 Å². The van der Waals surface area contributed by atoms with Crippen LogP contribution in [0.25, 0.3) is 22.2 Å². The Morgan fingerprint density at radius 1 is 1.25 bits per heavy atom. The number of ether oxygens (including phenoxy) is 1. The number of amides is 1. The molecule has 8 nitrogen and oxygen atoms in total. The highest BCUT2D eigenvalue weighted by Crippen LogP contribution is 2.47. The van der Waals surface area contributed by atoms with Crippen molar-refractivity contribution in [1.82, 2.24) is 24.8 Å². The van der Waals surface area contributed by atoms with Crippen LogP contribution in [0.15, 0.2) is 37.1 Å². The maximum Gasteiger partial charge on any atom is 0.319 e. The fourth-order valence-corrected chi connectivity index (χ4v) is 8.02. The molecule has 232 valence electrons. The summed E-state index contributed by atoms with van der Waals surface area (Å²) in [5.41, 5.74) is 3.11. The van der Waals surface area contributed by atoms with Crippen molar-refractivity contribution in [3.63, 3.8) is 0 Å². The van der Waals surface area contributed by atoms with Crippen LogP contribution in [0.5, 0.6) is 6.01 Å². The van der Waals surface area contributed by atoms with Gasteiger partial charge in [0, 0.05) is 44.4 Å². The zero-order chi connectivity index (χ0) is 30.7. The minimum absolute atomic E-state index is 0.0651. The summed E-state index contributed by atoms with van der Waals surface area (Å²) < 4.78 is 37.4. The third kappa shape index (κ3) is 4.82. The van der Waals surface area contributed by atoms with Gasteiger partial charge in [-0.1, -0.05) is 24.8 Å². The van der Waals surface area contributed by atoms with E-state index in [0.717, 1.165) is 55.3 Å². The maximum atomic E-state index is 16.7. The van der Waals surface area contributed by atoms with Crippen LogP contribution in [0.4, 0.5) is 14.6 Å². The van der Waals surface area contributed by atoms with Crippen LogP contribution < -0.4 is 9.64 Å². The van der Waals surface area contributed by atoms with E-state index in [0.29, 0.717) is 36.6 Å². The van der Waals surface area contributed by atoms with Gasteiger partial charge in [0.05, 0.1) is 17.0 Å². The number of likely N-dealkylation sites (tertiary alicyclic amines) is 1. The first kappa shape index (κ1) is 29.1. The summed E-state index contributed by atoms with van der Waals surface area (Å²) in [4.78, 5) is 32.6. The molecule has 5 heterocycles. The highest BCUT2D eigenvalue weighted by atomic mass is 19.1. The Labute approximate surface area is 257 Å². The molecule has 1 aromatic carbocycles. The number of pyridine rings is 1. The smallest absolute Gasteiger partial charge is 0.319 e. The van der Waals surface area contributed by atoms with E-state index in [1.165, 1.54) is 6.08 Å². The lowest BCUT2D eigenvalue weighted by atomic mass is 9.95. The van der Waals surface area contributed by atoms with Crippen LogP contribution in [-0.4, -0.2) is 87.7 Å². The standard InChI is InChI=1S/C34H40F2N6O2/c1-5-27(43)42-15-12-26(21(42)3)40(4)32-25-17-37-30(24-9-6-8-20(2)28(24)22-10-11-22)29(36)31(25)38-33(39-32)44-19-34-13-7-14-41(34)18-23(35)16-34/h5-6,8-9,17,21-23,26H,1,7,10-16,18-19H2,2-4H3/t21-,23-,26-,34+/m1/s1.